The minimum atomic E-state index is -1.15. The zero-order valence-electron chi connectivity index (χ0n) is 12.3. The number of aryl methyl sites for hydroxylation is 1. The summed E-state index contributed by atoms with van der Waals surface area (Å²) in [7, 11) is 0. The molecular formula is C15H17NO5. The minimum absolute atomic E-state index is 0.136. The molecule has 2 aromatic rings. The highest BCUT2D eigenvalue weighted by atomic mass is 16.6. The molecule has 0 saturated carbocycles. The lowest BCUT2D eigenvalue weighted by Gasteiger charge is -2.19. The van der Waals surface area contributed by atoms with Crippen LogP contribution in [0.5, 0.6) is 0 Å². The number of aromatic carboxylic acids is 1. The van der Waals surface area contributed by atoms with Crippen LogP contribution in [0.1, 0.15) is 36.9 Å². The van der Waals surface area contributed by atoms with E-state index in [0.717, 1.165) is 0 Å². The highest BCUT2D eigenvalue weighted by molar-refractivity contribution is 6.04. The van der Waals surface area contributed by atoms with Crippen molar-refractivity contribution < 1.29 is 23.8 Å². The molecule has 0 aliphatic carbocycles. The Kier molecular flexibility index (Phi) is 3.63. The van der Waals surface area contributed by atoms with Crippen molar-refractivity contribution in [2.75, 3.05) is 5.32 Å². The second-order valence-electron chi connectivity index (χ2n) is 5.67. The third-order valence-electron chi connectivity index (χ3n) is 2.78. The first-order valence-electron chi connectivity index (χ1n) is 6.44. The van der Waals surface area contributed by atoms with Crippen LogP contribution in [-0.2, 0) is 4.74 Å². The average Bonchev–Trinajstić information content (AvgIpc) is 2.65. The summed E-state index contributed by atoms with van der Waals surface area (Å²) in [5, 5.41) is 12.3. The van der Waals surface area contributed by atoms with E-state index in [-0.39, 0.29) is 5.76 Å². The largest absolute Gasteiger partial charge is 0.475 e. The molecule has 6 heteroatoms. The molecule has 0 bridgehead atoms. The number of amides is 1. The Morgan fingerprint density at radius 2 is 1.95 bits per heavy atom. The maximum atomic E-state index is 11.8. The summed E-state index contributed by atoms with van der Waals surface area (Å²) in [6, 6.07) is 4.99. The summed E-state index contributed by atoms with van der Waals surface area (Å²) in [5.74, 6) is -1.28. The van der Waals surface area contributed by atoms with Gasteiger partial charge in [0.1, 0.15) is 11.2 Å². The summed E-state index contributed by atoms with van der Waals surface area (Å²) >= 11 is 0. The number of furan rings is 1. The number of carboxylic acid groups (broad SMARTS) is 1. The second kappa shape index (κ2) is 5.12. The molecule has 1 aromatic heterocycles. The number of carboxylic acids is 1. The maximum absolute atomic E-state index is 11.8. The molecule has 112 valence electrons. The Morgan fingerprint density at radius 3 is 2.52 bits per heavy atom. The second-order valence-corrected chi connectivity index (χ2v) is 5.67. The molecule has 1 aromatic carbocycles. The molecule has 2 rings (SSSR count). The lowest BCUT2D eigenvalue weighted by Crippen LogP contribution is -2.27. The van der Waals surface area contributed by atoms with Gasteiger partial charge in [0.25, 0.3) is 0 Å². The fraction of sp³-hybridized carbons (Fsp3) is 0.333. The Hall–Kier alpha value is -2.50. The highest BCUT2D eigenvalue weighted by Gasteiger charge is 2.21. The maximum Gasteiger partial charge on any atom is 0.412 e. The zero-order valence-corrected chi connectivity index (χ0v) is 12.3. The molecule has 0 saturated heterocycles. The van der Waals surface area contributed by atoms with Gasteiger partial charge in [0.05, 0.1) is 5.69 Å². The number of carbonyl (C=O) groups is 2. The number of rotatable bonds is 2. The molecule has 1 amide bonds. The van der Waals surface area contributed by atoms with E-state index in [2.05, 4.69) is 5.32 Å². The van der Waals surface area contributed by atoms with E-state index in [0.29, 0.717) is 22.2 Å². The van der Waals surface area contributed by atoms with Crippen molar-refractivity contribution in [3.63, 3.8) is 0 Å². The van der Waals surface area contributed by atoms with Crippen molar-refractivity contribution in [1.82, 2.24) is 0 Å². The van der Waals surface area contributed by atoms with Gasteiger partial charge in [0.15, 0.2) is 0 Å². The first-order chi connectivity index (χ1) is 9.69. The van der Waals surface area contributed by atoms with Gasteiger partial charge in [-0.1, -0.05) is 6.07 Å². The van der Waals surface area contributed by atoms with Crippen LogP contribution >= 0.6 is 0 Å². The summed E-state index contributed by atoms with van der Waals surface area (Å²) < 4.78 is 10.5. The van der Waals surface area contributed by atoms with E-state index in [1.807, 2.05) is 0 Å². The fourth-order valence-electron chi connectivity index (χ4n) is 2.02. The Labute approximate surface area is 121 Å². The molecule has 2 N–H and O–H groups in total. The third-order valence-corrected chi connectivity index (χ3v) is 2.78. The third kappa shape index (κ3) is 3.16. The van der Waals surface area contributed by atoms with Crippen LogP contribution < -0.4 is 5.32 Å². The van der Waals surface area contributed by atoms with Crippen molar-refractivity contribution in [3.05, 3.63) is 29.5 Å². The number of anilines is 1. The summed E-state index contributed by atoms with van der Waals surface area (Å²) in [4.78, 5) is 23.0. The van der Waals surface area contributed by atoms with Gasteiger partial charge >= 0.3 is 12.1 Å². The Balaban J connectivity index is 2.41. The van der Waals surface area contributed by atoms with Crippen LogP contribution in [0, 0.1) is 6.92 Å². The number of ether oxygens (including phenoxy) is 1. The van der Waals surface area contributed by atoms with Gasteiger partial charge in [-0.2, -0.15) is 0 Å². The van der Waals surface area contributed by atoms with Gasteiger partial charge < -0.3 is 14.3 Å². The van der Waals surface area contributed by atoms with Gasteiger partial charge in [-0.15, -0.1) is 0 Å². The molecule has 0 atom stereocenters. The van der Waals surface area contributed by atoms with Gasteiger partial charge in [-0.05, 0) is 39.8 Å². The van der Waals surface area contributed by atoms with Crippen molar-refractivity contribution in [2.24, 2.45) is 0 Å². The van der Waals surface area contributed by atoms with E-state index in [1.165, 1.54) is 0 Å². The molecule has 0 unspecified atom stereocenters. The Bertz CT molecular complexity index is 709. The first-order valence-corrected chi connectivity index (χ1v) is 6.44. The van der Waals surface area contributed by atoms with Crippen molar-refractivity contribution in [1.29, 1.82) is 0 Å². The summed E-state index contributed by atoms with van der Waals surface area (Å²) in [6.07, 6.45) is -0.604. The molecule has 1 heterocycles. The number of benzene rings is 1. The molecular weight excluding hydrogens is 274 g/mol. The van der Waals surface area contributed by atoms with Crippen LogP contribution in [0.3, 0.4) is 0 Å². The molecule has 0 fully saturated rings. The normalized spacial score (nSPS) is 11.4. The quantitative estimate of drug-likeness (QED) is 0.878. The highest BCUT2D eigenvalue weighted by Crippen LogP contribution is 2.31. The number of hydrogen-bond donors (Lipinski definition) is 2. The molecule has 21 heavy (non-hydrogen) atoms. The first kappa shape index (κ1) is 14.9. The summed E-state index contributed by atoms with van der Waals surface area (Å²) in [5.41, 5.74) is 0.702. The van der Waals surface area contributed by atoms with E-state index in [9.17, 15) is 9.59 Å². The topological polar surface area (TPSA) is 88.8 Å². The predicted molar refractivity (Wildman–Crippen MR) is 77.8 cm³/mol. The molecule has 0 radical (unpaired) electrons. The average molecular weight is 291 g/mol. The van der Waals surface area contributed by atoms with Gasteiger partial charge in [0, 0.05) is 10.9 Å². The monoisotopic (exact) mass is 291 g/mol. The van der Waals surface area contributed by atoms with Crippen LogP contribution in [0.2, 0.25) is 0 Å². The molecule has 0 aliphatic heterocycles. The smallest absolute Gasteiger partial charge is 0.412 e. The van der Waals surface area contributed by atoms with E-state index >= 15 is 0 Å². The number of fused-ring (bicyclic) bond motifs is 1. The number of hydrogen-bond acceptors (Lipinski definition) is 4. The molecule has 6 nitrogen and oxygen atoms in total. The SMILES string of the molecule is Cc1c(C(=O)O)oc2cccc(NC(=O)OC(C)(C)C)c12. The molecule has 0 aliphatic rings. The van der Waals surface area contributed by atoms with Crippen molar-refractivity contribution in [2.45, 2.75) is 33.3 Å². The van der Waals surface area contributed by atoms with E-state index < -0.39 is 17.7 Å². The standard InChI is InChI=1S/C15H17NO5/c1-8-11-9(16-14(19)21-15(2,3)4)6-5-7-10(11)20-12(8)13(17)18/h5-7H,1-4H3,(H,16,19)(H,17,18). The van der Waals surface area contributed by atoms with Gasteiger partial charge in [-0.3, -0.25) is 5.32 Å². The van der Waals surface area contributed by atoms with E-state index in [1.54, 1.807) is 45.9 Å². The molecule has 0 spiro atoms. The predicted octanol–water partition coefficient (Wildman–Crippen LogP) is 3.79. The van der Waals surface area contributed by atoms with Crippen molar-refractivity contribution >= 4 is 28.7 Å². The fourth-order valence-corrected chi connectivity index (χ4v) is 2.02. The minimum Gasteiger partial charge on any atom is -0.475 e. The van der Waals surface area contributed by atoms with Crippen LogP contribution in [0.15, 0.2) is 22.6 Å². The zero-order chi connectivity index (χ0) is 15.8. The van der Waals surface area contributed by atoms with Gasteiger partial charge in [-0.25, -0.2) is 9.59 Å². The summed E-state index contributed by atoms with van der Waals surface area (Å²) in [6.45, 7) is 6.92. The van der Waals surface area contributed by atoms with Crippen LogP contribution in [-0.4, -0.2) is 22.8 Å². The van der Waals surface area contributed by atoms with Crippen molar-refractivity contribution in [3.8, 4) is 0 Å². The van der Waals surface area contributed by atoms with Crippen LogP contribution in [0.25, 0.3) is 11.0 Å². The Morgan fingerprint density at radius 1 is 1.29 bits per heavy atom. The number of carbonyl (C=O) groups excluding carboxylic acids is 1. The van der Waals surface area contributed by atoms with Crippen LogP contribution in [0.4, 0.5) is 10.5 Å². The van der Waals surface area contributed by atoms with E-state index in [4.69, 9.17) is 14.3 Å². The lowest BCUT2D eigenvalue weighted by molar-refractivity contribution is 0.0632. The lowest BCUT2D eigenvalue weighted by atomic mass is 10.1. The number of nitrogens with one attached hydrogen (secondary N) is 1. The van der Waals surface area contributed by atoms with Gasteiger partial charge in [0.2, 0.25) is 5.76 Å².